The van der Waals surface area contributed by atoms with Crippen molar-refractivity contribution in [2.75, 3.05) is 12.9 Å². The highest BCUT2D eigenvalue weighted by atomic mass is 32.2. The third-order valence-electron chi connectivity index (χ3n) is 4.47. The third kappa shape index (κ3) is 6.64. The van der Waals surface area contributed by atoms with Gasteiger partial charge in [0.1, 0.15) is 5.75 Å². The van der Waals surface area contributed by atoms with Crippen LogP contribution in [-0.2, 0) is 17.6 Å². The summed E-state index contributed by atoms with van der Waals surface area (Å²) in [4.78, 5) is 12.2. The molecule has 0 unspecified atom stereocenters. The summed E-state index contributed by atoms with van der Waals surface area (Å²) in [7, 11) is 1.66. The Morgan fingerprint density at radius 3 is 2.59 bits per heavy atom. The number of rotatable bonds is 10. The minimum Gasteiger partial charge on any atom is -0.497 e. The maximum atomic E-state index is 12.2. The first kappa shape index (κ1) is 20.9. The lowest BCUT2D eigenvalue weighted by atomic mass is 10.1. The lowest BCUT2D eigenvalue weighted by Crippen LogP contribution is -2.28. The zero-order valence-electron chi connectivity index (χ0n) is 16.6. The number of nitrogens with zero attached hydrogens (tertiary/aromatic N) is 2. The first-order chi connectivity index (χ1) is 14.1. The molecule has 152 valence electrons. The molecule has 1 N–H and O–H groups in total. The van der Waals surface area contributed by atoms with Crippen LogP contribution >= 0.6 is 11.8 Å². The fourth-order valence-electron chi connectivity index (χ4n) is 2.87. The van der Waals surface area contributed by atoms with Crippen molar-refractivity contribution in [3.8, 4) is 5.75 Å². The molecule has 0 aliphatic rings. The summed E-state index contributed by atoms with van der Waals surface area (Å²) in [5.74, 6) is 1.63. The van der Waals surface area contributed by atoms with Crippen molar-refractivity contribution in [2.45, 2.75) is 37.5 Å². The molecule has 0 fully saturated rings. The van der Waals surface area contributed by atoms with Crippen LogP contribution in [0.3, 0.4) is 0 Å². The quantitative estimate of drug-likeness (QED) is 0.503. The van der Waals surface area contributed by atoms with Gasteiger partial charge in [0.15, 0.2) is 0 Å². The van der Waals surface area contributed by atoms with Gasteiger partial charge in [0, 0.05) is 6.42 Å². The van der Waals surface area contributed by atoms with Gasteiger partial charge in [0.25, 0.3) is 5.22 Å². The second-order valence-corrected chi connectivity index (χ2v) is 7.58. The fraction of sp³-hybridized carbons (Fsp3) is 0.318. The standard InChI is InChI=1S/C22H25N3O3S/c1-16(18-8-4-3-5-9-18)23-20(26)15-29-22-25-24-21(28-22)10-6-7-17-11-13-19(27-2)14-12-17/h3-5,8-9,11-14,16H,6-7,10,15H2,1-2H3,(H,23,26)/t16-/m1/s1. The third-order valence-corrected chi connectivity index (χ3v) is 5.29. The van der Waals surface area contributed by atoms with E-state index in [4.69, 9.17) is 9.15 Å². The van der Waals surface area contributed by atoms with E-state index in [1.807, 2.05) is 49.4 Å². The van der Waals surface area contributed by atoms with Crippen LogP contribution in [0.5, 0.6) is 5.75 Å². The highest BCUT2D eigenvalue weighted by molar-refractivity contribution is 7.99. The highest BCUT2D eigenvalue weighted by Gasteiger charge is 2.12. The van der Waals surface area contributed by atoms with Crippen molar-refractivity contribution in [1.82, 2.24) is 15.5 Å². The van der Waals surface area contributed by atoms with Gasteiger partial charge in [-0.3, -0.25) is 4.79 Å². The molecule has 0 radical (unpaired) electrons. The van der Waals surface area contributed by atoms with E-state index in [0.29, 0.717) is 17.5 Å². The number of carbonyl (C=O) groups is 1. The zero-order valence-corrected chi connectivity index (χ0v) is 17.4. The smallest absolute Gasteiger partial charge is 0.277 e. The molecule has 2 aromatic carbocycles. The monoisotopic (exact) mass is 411 g/mol. The van der Waals surface area contributed by atoms with Crippen LogP contribution in [0.25, 0.3) is 0 Å². The number of carbonyl (C=O) groups excluding carboxylic acids is 1. The first-order valence-corrected chi connectivity index (χ1v) is 10.5. The minimum absolute atomic E-state index is 0.0412. The van der Waals surface area contributed by atoms with Gasteiger partial charge < -0.3 is 14.5 Å². The van der Waals surface area contributed by atoms with E-state index >= 15 is 0 Å². The van der Waals surface area contributed by atoms with Crippen LogP contribution in [0.15, 0.2) is 64.2 Å². The predicted molar refractivity (Wildman–Crippen MR) is 113 cm³/mol. The van der Waals surface area contributed by atoms with Crippen LogP contribution in [0.4, 0.5) is 0 Å². The number of hydrogen-bond acceptors (Lipinski definition) is 6. The van der Waals surface area contributed by atoms with E-state index in [9.17, 15) is 4.79 Å². The molecule has 3 aromatic rings. The molecule has 7 heteroatoms. The van der Waals surface area contributed by atoms with E-state index in [1.165, 1.54) is 17.3 Å². The minimum atomic E-state index is -0.0643. The molecule has 1 amide bonds. The largest absolute Gasteiger partial charge is 0.497 e. The molecule has 0 aliphatic carbocycles. The number of ether oxygens (including phenoxy) is 1. The lowest BCUT2D eigenvalue weighted by molar-refractivity contribution is -0.119. The number of benzene rings is 2. The molecule has 0 spiro atoms. The molecule has 29 heavy (non-hydrogen) atoms. The Balaban J connectivity index is 1.38. The predicted octanol–water partition coefficient (Wildman–Crippen LogP) is 4.22. The van der Waals surface area contributed by atoms with Crippen molar-refractivity contribution in [2.24, 2.45) is 0 Å². The Kier molecular flexibility index (Phi) is 7.69. The van der Waals surface area contributed by atoms with Crippen LogP contribution in [0.2, 0.25) is 0 Å². The Hall–Kier alpha value is -2.80. The normalized spacial score (nSPS) is 11.8. The maximum absolute atomic E-state index is 12.2. The van der Waals surface area contributed by atoms with Crippen LogP contribution in [0, 0.1) is 0 Å². The average molecular weight is 412 g/mol. The molecule has 0 bridgehead atoms. The number of nitrogens with one attached hydrogen (secondary N) is 1. The molecule has 0 saturated carbocycles. The number of thioether (sulfide) groups is 1. The van der Waals surface area contributed by atoms with Crippen LogP contribution < -0.4 is 10.1 Å². The molecule has 1 atom stereocenters. The fourth-order valence-corrected chi connectivity index (χ4v) is 3.46. The summed E-state index contributed by atoms with van der Waals surface area (Å²) < 4.78 is 10.8. The molecule has 6 nitrogen and oxygen atoms in total. The Labute approximate surface area is 175 Å². The summed E-state index contributed by atoms with van der Waals surface area (Å²) in [5, 5.41) is 11.5. The summed E-state index contributed by atoms with van der Waals surface area (Å²) in [6, 6.07) is 17.9. The van der Waals surface area contributed by atoms with Crippen LogP contribution in [-0.4, -0.2) is 29.0 Å². The van der Waals surface area contributed by atoms with Crippen molar-refractivity contribution in [3.05, 3.63) is 71.6 Å². The second kappa shape index (κ2) is 10.7. The Morgan fingerprint density at radius 2 is 1.86 bits per heavy atom. The van der Waals surface area contributed by atoms with Gasteiger partial charge >= 0.3 is 0 Å². The maximum Gasteiger partial charge on any atom is 0.277 e. The van der Waals surface area contributed by atoms with Crippen LogP contribution in [0.1, 0.15) is 36.4 Å². The second-order valence-electron chi connectivity index (χ2n) is 6.65. The SMILES string of the molecule is COc1ccc(CCCc2nnc(SCC(=O)N[C@H](C)c3ccccc3)o2)cc1. The summed E-state index contributed by atoms with van der Waals surface area (Å²) in [6.07, 6.45) is 2.54. The van der Waals surface area contributed by atoms with Gasteiger partial charge in [0.05, 0.1) is 18.9 Å². The molecule has 0 saturated heterocycles. The van der Waals surface area contributed by atoms with Gasteiger partial charge in [-0.15, -0.1) is 10.2 Å². The van der Waals surface area contributed by atoms with E-state index in [2.05, 4.69) is 27.6 Å². The highest BCUT2D eigenvalue weighted by Crippen LogP contribution is 2.18. The molecule has 0 aliphatic heterocycles. The van der Waals surface area contributed by atoms with E-state index < -0.39 is 0 Å². The topological polar surface area (TPSA) is 77.2 Å². The average Bonchev–Trinajstić information content (AvgIpc) is 3.21. The van der Waals surface area contributed by atoms with E-state index in [-0.39, 0.29) is 17.7 Å². The van der Waals surface area contributed by atoms with Crippen molar-refractivity contribution in [3.63, 3.8) is 0 Å². The number of methoxy groups -OCH3 is 1. The van der Waals surface area contributed by atoms with Gasteiger partial charge in [-0.2, -0.15) is 0 Å². The Bertz CT molecular complexity index is 897. The summed E-state index contributed by atoms with van der Waals surface area (Å²) in [5.41, 5.74) is 2.31. The van der Waals surface area contributed by atoms with Crippen molar-refractivity contribution in [1.29, 1.82) is 0 Å². The number of amides is 1. The van der Waals surface area contributed by atoms with Gasteiger partial charge in [-0.1, -0.05) is 54.2 Å². The number of hydrogen-bond donors (Lipinski definition) is 1. The zero-order chi connectivity index (χ0) is 20.5. The number of aryl methyl sites for hydroxylation is 2. The van der Waals surface area contributed by atoms with Gasteiger partial charge in [-0.25, -0.2) is 0 Å². The van der Waals surface area contributed by atoms with Gasteiger partial charge in [-0.05, 0) is 43.0 Å². The summed E-state index contributed by atoms with van der Waals surface area (Å²) >= 11 is 1.25. The van der Waals surface area contributed by atoms with Crippen molar-refractivity contribution >= 4 is 17.7 Å². The first-order valence-electron chi connectivity index (χ1n) is 9.56. The lowest BCUT2D eigenvalue weighted by Gasteiger charge is -2.13. The molecule has 1 aromatic heterocycles. The molecule has 1 heterocycles. The summed E-state index contributed by atoms with van der Waals surface area (Å²) in [6.45, 7) is 1.96. The molecular formula is C22H25N3O3S. The molecule has 3 rings (SSSR count). The van der Waals surface area contributed by atoms with Gasteiger partial charge in [0.2, 0.25) is 11.8 Å². The van der Waals surface area contributed by atoms with E-state index in [1.54, 1.807) is 7.11 Å². The Morgan fingerprint density at radius 1 is 1.10 bits per heavy atom. The molecular weight excluding hydrogens is 386 g/mol. The number of aromatic nitrogens is 2. The van der Waals surface area contributed by atoms with Crippen molar-refractivity contribution < 1.29 is 13.9 Å². The van der Waals surface area contributed by atoms with E-state index in [0.717, 1.165) is 24.2 Å².